The number of urea groups is 1. The molecule has 0 spiro atoms. The Bertz CT molecular complexity index is 714. The Hall–Kier alpha value is -1.79. The minimum absolute atomic E-state index is 0.168. The summed E-state index contributed by atoms with van der Waals surface area (Å²) in [4.78, 5) is 44.2. The van der Waals surface area contributed by atoms with E-state index in [1.165, 1.54) is 25.7 Å². The second-order valence-electron chi connectivity index (χ2n) is 11.1. The Morgan fingerprint density at radius 3 is 2.47 bits per heavy atom. The minimum Gasteiger partial charge on any atom is -0.353 e. The number of hydrogen-bond donors (Lipinski definition) is 1. The maximum atomic E-state index is 13.3. The normalized spacial score (nSPS) is 31.6. The average Bonchev–Trinajstić information content (AvgIpc) is 3.32. The second kappa shape index (κ2) is 9.60. The van der Waals surface area contributed by atoms with Gasteiger partial charge in [0.15, 0.2) is 0 Å². The van der Waals surface area contributed by atoms with E-state index < -0.39 is 0 Å². The van der Waals surface area contributed by atoms with E-state index in [0.717, 1.165) is 77.2 Å². The fourth-order valence-corrected chi connectivity index (χ4v) is 7.12. The van der Waals surface area contributed by atoms with Crippen LogP contribution in [0.2, 0.25) is 0 Å². The molecule has 0 radical (unpaired) electrons. The maximum Gasteiger partial charge on any atom is 0.320 e. The topological polar surface area (TPSA) is 73.0 Å². The van der Waals surface area contributed by atoms with Gasteiger partial charge in [-0.05, 0) is 56.3 Å². The summed E-state index contributed by atoms with van der Waals surface area (Å²) < 4.78 is 0. The molecule has 0 aromatic heterocycles. The van der Waals surface area contributed by atoms with Crippen LogP contribution in [-0.2, 0) is 9.59 Å². The molecule has 0 aromatic rings. The number of likely N-dealkylation sites (tertiary alicyclic amines) is 2. The number of carbonyl (C=O) groups is 3. The summed E-state index contributed by atoms with van der Waals surface area (Å²) in [6.45, 7) is 3.86. The molecule has 4 saturated heterocycles. The Morgan fingerprint density at radius 1 is 0.906 bits per heavy atom. The average molecular weight is 445 g/mol. The van der Waals surface area contributed by atoms with E-state index in [4.69, 9.17) is 0 Å². The first-order chi connectivity index (χ1) is 15.6. The number of carbonyl (C=O) groups excluding carboxylic acids is 3. The Labute approximate surface area is 192 Å². The van der Waals surface area contributed by atoms with Gasteiger partial charge in [0.1, 0.15) is 0 Å². The molecule has 7 heteroatoms. The second-order valence-corrected chi connectivity index (χ2v) is 11.1. The van der Waals surface area contributed by atoms with Gasteiger partial charge in [0, 0.05) is 57.6 Å². The van der Waals surface area contributed by atoms with Crippen LogP contribution in [0.5, 0.6) is 0 Å². The molecule has 4 aliphatic heterocycles. The Balaban J connectivity index is 1.07. The van der Waals surface area contributed by atoms with Crippen molar-refractivity contribution in [3.8, 4) is 0 Å². The highest BCUT2D eigenvalue weighted by Gasteiger charge is 2.45. The maximum absolute atomic E-state index is 13.3. The van der Waals surface area contributed by atoms with Crippen molar-refractivity contribution < 1.29 is 14.4 Å². The van der Waals surface area contributed by atoms with Gasteiger partial charge in [0.2, 0.25) is 11.8 Å². The minimum atomic E-state index is 0.168. The lowest BCUT2D eigenvalue weighted by atomic mass is 9.76. The number of fused-ring (bicyclic) bond motifs is 4. The van der Waals surface area contributed by atoms with Crippen molar-refractivity contribution in [1.82, 2.24) is 20.0 Å². The van der Waals surface area contributed by atoms with Crippen molar-refractivity contribution in [2.45, 2.75) is 89.1 Å². The monoisotopic (exact) mass is 444 g/mol. The molecule has 4 amide bonds. The number of nitrogens with zero attached hydrogens (tertiary/aromatic N) is 3. The van der Waals surface area contributed by atoms with Gasteiger partial charge in [-0.3, -0.25) is 9.59 Å². The van der Waals surface area contributed by atoms with Gasteiger partial charge in [-0.25, -0.2) is 4.79 Å². The van der Waals surface area contributed by atoms with Gasteiger partial charge in [0.25, 0.3) is 0 Å². The van der Waals surface area contributed by atoms with Crippen LogP contribution in [0, 0.1) is 17.8 Å². The summed E-state index contributed by atoms with van der Waals surface area (Å²) in [5.74, 6) is 2.13. The van der Waals surface area contributed by atoms with Crippen LogP contribution in [0.1, 0.15) is 77.0 Å². The molecule has 5 aliphatic rings. The number of piperidine rings is 4. The molecule has 2 bridgehead atoms. The van der Waals surface area contributed by atoms with Crippen molar-refractivity contribution in [1.29, 1.82) is 0 Å². The quantitative estimate of drug-likeness (QED) is 0.725. The van der Waals surface area contributed by atoms with E-state index in [-0.39, 0.29) is 18.0 Å². The van der Waals surface area contributed by atoms with Crippen LogP contribution >= 0.6 is 0 Å². The summed E-state index contributed by atoms with van der Waals surface area (Å²) in [7, 11) is 0. The molecular weight excluding hydrogens is 404 g/mol. The first-order valence-corrected chi connectivity index (χ1v) is 13.2. The third-order valence-corrected chi connectivity index (χ3v) is 8.84. The zero-order chi connectivity index (χ0) is 22.1. The molecule has 0 unspecified atom stereocenters. The number of nitrogens with one attached hydrogen (secondary N) is 1. The zero-order valence-electron chi connectivity index (χ0n) is 19.5. The van der Waals surface area contributed by atoms with Gasteiger partial charge in [-0.1, -0.05) is 25.7 Å². The van der Waals surface area contributed by atoms with Crippen molar-refractivity contribution in [2.24, 2.45) is 17.8 Å². The lowest BCUT2D eigenvalue weighted by Gasteiger charge is -2.53. The van der Waals surface area contributed by atoms with E-state index in [1.54, 1.807) is 0 Å². The largest absolute Gasteiger partial charge is 0.353 e. The third-order valence-electron chi connectivity index (χ3n) is 8.84. The lowest BCUT2D eigenvalue weighted by molar-refractivity contribution is -0.144. The van der Waals surface area contributed by atoms with Crippen LogP contribution < -0.4 is 5.32 Å². The highest BCUT2D eigenvalue weighted by Crippen LogP contribution is 2.38. The van der Waals surface area contributed by atoms with E-state index in [9.17, 15) is 14.4 Å². The molecule has 32 heavy (non-hydrogen) atoms. The molecular formula is C25H40N4O3. The SMILES string of the molecule is O=C(CCC1CCCC1)NC1CCN(C(=O)N2C[C@H]3C[C@H](C2)[C@H]2CCCC(=O)N2C3)CC1. The van der Waals surface area contributed by atoms with Gasteiger partial charge in [0.05, 0.1) is 0 Å². The predicted molar refractivity (Wildman–Crippen MR) is 122 cm³/mol. The fourth-order valence-electron chi connectivity index (χ4n) is 7.12. The van der Waals surface area contributed by atoms with Crippen LogP contribution in [0.25, 0.3) is 0 Å². The third kappa shape index (κ3) is 4.76. The van der Waals surface area contributed by atoms with E-state index >= 15 is 0 Å². The fraction of sp³-hybridized carbons (Fsp3) is 0.880. The molecule has 0 aromatic carbocycles. The predicted octanol–water partition coefficient (Wildman–Crippen LogP) is 2.99. The Morgan fingerprint density at radius 2 is 1.69 bits per heavy atom. The summed E-state index contributed by atoms with van der Waals surface area (Å²) >= 11 is 0. The van der Waals surface area contributed by atoms with Crippen molar-refractivity contribution >= 4 is 17.8 Å². The summed E-state index contributed by atoms with van der Waals surface area (Å²) in [5, 5.41) is 3.22. The molecule has 1 aliphatic carbocycles. The molecule has 4 heterocycles. The Kier molecular flexibility index (Phi) is 6.61. The van der Waals surface area contributed by atoms with E-state index in [2.05, 4.69) is 15.1 Å². The van der Waals surface area contributed by atoms with Crippen molar-refractivity contribution in [3.63, 3.8) is 0 Å². The van der Waals surface area contributed by atoms with Crippen LogP contribution in [0.4, 0.5) is 4.79 Å². The number of hydrogen-bond acceptors (Lipinski definition) is 3. The van der Waals surface area contributed by atoms with E-state index in [0.29, 0.717) is 36.6 Å². The lowest BCUT2D eigenvalue weighted by Crippen LogP contribution is -2.62. The van der Waals surface area contributed by atoms with E-state index in [1.807, 2.05) is 4.90 Å². The first-order valence-electron chi connectivity index (χ1n) is 13.2. The van der Waals surface area contributed by atoms with Crippen LogP contribution in [0.15, 0.2) is 0 Å². The van der Waals surface area contributed by atoms with Gasteiger partial charge in [-0.15, -0.1) is 0 Å². The number of amides is 4. The molecule has 5 rings (SSSR count). The number of rotatable bonds is 4. The molecule has 3 atom stereocenters. The van der Waals surface area contributed by atoms with Crippen molar-refractivity contribution in [3.05, 3.63) is 0 Å². The molecule has 1 N–H and O–H groups in total. The molecule has 7 nitrogen and oxygen atoms in total. The van der Waals surface area contributed by atoms with Gasteiger partial charge in [-0.2, -0.15) is 0 Å². The van der Waals surface area contributed by atoms with Gasteiger partial charge >= 0.3 is 6.03 Å². The smallest absolute Gasteiger partial charge is 0.320 e. The van der Waals surface area contributed by atoms with Crippen molar-refractivity contribution in [2.75, 3.05) is 32.7 Å². The summed E-state index contributed by atoms with van der Waals surface area (Å²) in [6.07, 6.45) is 12.6. The summed E-state index contributed by atoms with van der Waals surface area (Å²) in [6, 6.07) is 0.715. The standard InChI is InChI=1S/C25H40N4O3/c30-23(9-8-18-4-1-2-5-18)26-21-10-12-27(13-11-21)25(32)28-15-19-14-20(17-28)22-6-3-7-24(31)29(22)16-19/h18-22H,1-17H2,(H,26,30)/t19-,20-,22-/m1/s1. The highest BCUT2D eigenvalue weighted by atomic mass is 16.2. The zero-order valence-corrected chi connectivity index (χ0v) is 19.5. The molecule has 178 valence electrons. The van der Waals surface area contributed by atoms with Crippen LogP contribution in [-0.4, -0.2) is 77.4 Å². The van der Waals surface area contributed by atoms with Gasteiger partial charge < -0.3 is 20.0 Å². The molecule has 5 fully saturated rings. The molecule has 1 saturated carbocycles. The highest BCUT2D eigenvalue weighted by molar-refractivity contribution is 5.78. The first kappa shape index (κ1) is 22.0. The summed E-state index contributed by atoms with van der Waals surface area (Å²) in [5.41, 5.74) is 0. The van der Waals surface area contributed by atoms with Crippen LogP contribution in [0.3, 0.4) is 0 Å².